The van der Waals surface area contributed by atoms with Crippen LogP contribution in [0.3, 0.4) is 0 Å². The lowest BCUT2D eigenvalue weighted by Crippen LogP contribution is -2.14. The average Bonchev–Trinajstić information content (AvgIpc) is 3.12. The minimum absolute atomic E-state index is 0.000177. The number of rotatable bonds is 6. The summed E-state index contributed by atoms with van der Waals surface area (Å²) in [5.41, 5.74) is 2.33. The summed E-state index contributed by atoms with van der Waals surface area (Å²) in [5, 5.41) is 6.86. The van der Waals surface area contributed by atoms with Crippen molar-refractivity contribution in [1.29, 1.82) is 0 Å². The van der Waals surface area contributed by atoms with Crippen molar-refractivity contribution in [2.45, 2.75) is 20.0 Å². The molecule has 0 spiro atoms. The second-order valence-corrected chi connectivity index (χ2v) is 5.39. The molecule has 1 amide bonds. The molecule has 6 nitrogen and oxygen atoms in total. The summed E-state index contributed by atoms with van der Waals surface area (Å²) < 4.78 is 30.0. The van der Waals surface area contributed by atoms with Gasteiger partial charge in [-0.25, -0.2) is 9.67 Å². The molecular formula is C18H16F2N4O2. The number of hydrogen-bond donors (Lipinski definition) is 1. The lowest BCUT2D eigenvalue weighted by atomic mass is 10.1. The third-order valence-electron chi connectivity index (χ3n) is 3.61. The summed E-state index contributed by atoms with van der Waals surface area (Å²) in [6, 6.07) is 13.4. The van der Waals surface area contributed by atoms with Crippen LogP contribution in [-0.4, -0.2) is 27.3 Å². The quantitative estimate of drug-likeness (QED) is 0.730. The molecule has 0 bridgehead atoms. The number of hydrogen-bond acceptors (Lipinski definition) is 4. The predicted molar refractivity (Wildman–Crippen MR) is 91.8 cm³/mol. The van der Waals surface area contributed by atoms with Crippen molar-refractivity contribution in [3.8, 4) is 11.4 Å². The Kier molecular flexibility index (Phi) is 5.21. The summed E-state index contributed by atoms with van der Waals surface area (Å²) in [6.07, 6.45) is 2.24. The maximum Gasteiger partial charge on any atom is 0.387 e. The van der Waals surface area contributed by atoms with Crippen molar-refractivity contribution in [2.24, 2.45) is 0 Å². The number of alkyl halides is 2. The van der Waals surface area contributed by atoms with Gasteiger partial charge >= 0.3 is 6.61 Å². The van der Waals surface area contributed by atoms with E-state index in [0.717, 1.165) is 12.0 Å². The molecule has 0 aliphatic rings. The monoisotopic (exact) mass is 358 g/mol. The van der Waals surface area contributed by atoms with E-state index in [1.807, 2.05) is 25.1 Å². The Morgan fingerprint density at radius 3 is 2.69 bits per heavy atom. The van der Waals surface area contributed by atoms with E-state index in [9.17, 15) is 13.6 Å². The van der Waals surface area contributed by atoms with Crippen LogP contribution in [0.5, 0.6) is 5.75 Å². The fourth-order valence-corrected chi connectivity index (χ4v) is 2.33. The molecule has 1 heterocycles. The normalized spacial score (nSPS) is 10.8. The second-order valence-electron chi connectivity index (χ2n) is 5.39. The van der Waals surface area contributed by atoms with Crippen molar-refractivity contribution in [3.63, 3.8) is 0 Å². The molecule has 0 saturated heterocycles. The summed E-state index contributed by atoms with van der Waals surface area (Å²) in [5.74, 6) is -0.396. The molecule has 0 fully saturated rings. The number of nitrogens with one attached hydrogen (secondary N) is 1. The van der Waals surface area contributed by atoms with E-state index in [0.29, 0.717) is 11.4 Å². The lowest BCUT2D eigenvalue weighted by Gasteiger charge is -2.05. The number of carbonyl (C=O) groups is 1. The van der Waals surface area contributed by atoms with Crippen molar-refractivity contribution in [3.05, 3.63) is 66.2 Å². The SMILES string of the molecule is CCc1cccc(NC(=O)c2ncn(-c3ccc(OC(F)F)cc3)n2)c1. The first-order chi connectivity index (χ1) is 12.5. The Labute approximate surface area is 148 Å². The first-order valence-electron chi connectivity index (χ1n) is 7.92. The highest BCUT2D eigenvalue weighted by Gasteiger charge is 2.13. The molecule has 0 saturated carbocycles. The molecule has 8 heteroatoms. The minimum Gasteiger partial charge on any atom is -0.435 e. The Balaban J connectivity index is 1.71. The van der Waals surface area contributed by atoms with E-state index in [1.165, 1.54) is 23.1 Å². The maximum atomic E-state index is 12.3. The molecular weight excluding hydrogens is 342 g/mol. The third kappa shape index (κ3) is 4.21. The molecule has 1 aromatic heterocycles. The number of aromatic nitrogens is 3. The van der Waals surface area contributed by atoms with Crippen molar-refractivity contribution >= 4 is 11.6 Å². The second kappa shape index (κ2) is 7.73. The zero-order valence-electron chi connectivity index (χ0n) is 13.9. The molecule has 1 N–H and O–H groups in total. The number of nitrogens with zero attached hydrogens (tertiary/aromatic N) is 3. The molecule has 0 aliphatic heterocycles. The van der Waals surface area contributed by atoms with Crippen LogP contribution < -0.4 is 10.1 Å². The van der Waals surface area contributed by atoms with E-state index in [1.54, 1.807) is 18.2 Å². The van der Waals surface area contributed by atoms with Gasteiger partial charge in [0.2, 0.25) is 5.82 Å². The van der Waals surface area contributed by atoms with E-state index < -0.39 is 12.5 Å². The number of carbonyl (C=O) groups excluding carboxylic acids is 1. The van der Waals surface area contributed by atoms with Gasteiger partial charge in [0.1, 0.15) is 12.1 Å². The lowest BCUT2D eigenvalue weighted by molar-refractivity contribution is -0.0498. The fourth-order valence-electron chi connectivity index (χ4n) is 2.33. The van der Waals surface area contributed by atoms with E-state index in [4.69, 9.17) is 0 Å². The Hall–Kier alpha value is -3.29. The summed E-state index contributed by atoms with van der Waals surface area (Å²) in [7, 11) is 0. The van der Waals surface area contributed by atoms with Crippen molar-refractivity contribution in [2.75, 3.05) is 5.32 Å². The number of aryl methyl sites for hydroxylation is 1. The van der Waals surface area contributed by atoms with Gasteiger partial charge in [-0.1, -0.05) is 19.1 Å². The summed E-state index contributed by atoms with van der Waals surface area (Å²) >= 11 is 0. The van der Waals surface area contributed by atoms with Gasteiger partial charge in [0.25, 0.3) is 5.91 Å². The Bertz CT molecular complexity index is 894. The molecule has 3 rings (SSSR count). The molecule has 26 heavy (non-hydrogen) atoms. The highest BCUT2D eigenvalue weighted by molar-refractivity contribution is 6.01. The van der Waals surface area contributed by atoms with Crippen LogP contribution in [0.15, 0.2) is 54.9 Å². The smallest absolute Gasteiger partial charge is 0.387 e. The maximum absolute atomic E-state index is 12.3. The highest BCUT2D eigenvalue weighted by atomic mass is 19.3. The van der Waals surface area contributed by atoms with Gasteiger partial charge in [-0.2, -0.15) is 8.78 Å². The van der Waals surface area contributed by atoms with Gasteiger partial charge in [-0.3, -0.25) is 4.79 Å². The zero-order chi connectivity index (χ0) is 18.5. The number of halogens is 2. The molecule has 134 valence electrons. The Morgan fingerprint density at radius 2 is 2.00 bits per heavy atom. The van der Waals surface area contributed by atoms with E-state index in [2.05, 4.69) is 20.1 Å². The molecule has 0 unspecified atom stereocenters. The van der Waals surface area contributed by atoms with Crippen LogP contribution in [0.1, 0.15) is 23.1 Å². The van der Waals surface area contributed by atoms with Crippen LogP contribution in [0.25, 0.3) is 5.69 Å². The first-order valence-corrected chi connectivity index (χ1v) is 7.92. The van der Waals surface area contributed by atoms with Crippen LogP contribution >= 0.6 is 0 Å². The molecule has 0 radical (unpaired) electrons. The molecule has 2 aromatic carbocycles. The standard InChI is InChI=1S/C18H16F2N4O2/c1-2-12-4-3-5-13(10-12)22-17(25)16-21-11-24(23-16)14-6-8-15(9-7-14)26-18(19)20/h3-11,18H,2H2,1H3,(H,22,25). The number of ether oxygens (including phenoxy) is 1. The van der Waals surface area contributed by atoms with Gasteiger partial charge in [0.15, 0.2) is 0 Å². The van der Waals surface area contributed by atoms with Crippen molar-refractivity contribution in [1.82, 2.24) is 14.8 Å². The van der Waals surface area contributed by atoms with E-state index >= 15 is 0 Å². The van der Waals surface area contributed by atoms with Gasteiger partial charge in [-0.15, -0.1) is 5.10 Å². The Morgan fingerprint density at radius 1 is 1.23 bits per heavy atom. The number of anilines is 1. The molecule has 3 aromatic rings. The van der Waals surface area contributed by atoms with Gasteiger partial charge < -0.3 is 10.1 Å². The predicted octanol–water partition coefficient (Wildman–Crippen LogP) is 3.68. The molecule has 0 aliphatic carbocycles. The highest BCUT2D eigenvalue weighted by Crippen LogP contribution is 2.17. The summed E-state index contributed by atoms with van der Waals surface area (Å²) in [6.45, 7) is -0.851. The average molecular weight is 358 g/mol. The summed E-state index contributed by atoms with van der Waals surface area (Å²) in [4.78, 5) is 16.3. The fraction of sp³-hybridized carbons (Fsp3) is 0.167. The van der Waals surface area contributed by atoms with Gasteiger partial charge in [-0.05, 0) is 48.4 Å². The van der Waals surface area contributed by atoms with Crippen LogP contribution in [-0.2, 0) is 6.42 Å². The van der Waals surface area contributed by atoms with Crippen LogP contribution in [0.2, 0.25) is 0 Å². The third-order valence-corrected chi connectivity index (χ3v) is 3.61. The van der Waals surface area contributed by atoms with Crippen molar-refractivity contribution < 1.29 is 18.3 Å². The van der Waals surface area contributed by atoms with E-state index in [-0.39, 0.29) is 11.6 Å². The first kappa shape index (κ1) is 17.5. The van der Waals surface area contributed by atoms with Crippen LogP contribution in [0.4, 0.5) is 14.5 Å². The van der Waals surface area contributed by atoms with Crippen LogP contribution in [0, 0.1) is 0 Å². The number of amides is 1. The topological polar surface area (TPSA) is 69.0 Å². The minimum atomic E-state index is -2.88. The van der Waals surface area contributed by atoms with Gasteiger partial charge in [0.05, 0.1) is 5.69 Å². The largest absolute Gasteiger partial charge is 0.435 e. The number of benzene rings is 2. The molecule has 0 atom stereocenters. The van der Waals surface area contributed by atoms with Gasteiger partial charge in [0, 0.05) is 5.69 Å². The zero-order valence-corrected chi connectivity index (χ0v) is 13.9.